The van der Waals surface area contributed by atoms with Crippen LogP contribution in [0.3, 0.4) is 0 Å². The fourth-order valence-corrected chi connectivity index (χ4v) is 3.65. The van der Waals surface area contributed by atoms with E-state index in [1.165, 1.54) is 33.4 Å². The van der Waals surface area contributed by atoms with Gasteiger partial charge in [-0.15, -0.1) is 0 Å². The van der Waals surface area contributed by atoms with E-state index in [0.29, 0.717) is 11.8 Å². The number of hydrogen-bond acceptors (Lipinski definition) is 2. The topological polar surface area (TPSA) is 52.0 Å². The van der Waals surface area contributed by atoms with E-state index >= 15 is 0 Å². The van der Waals surface area contributed by atoms with E-state index < -0.39 is 0 Å². The molecule has 2 nitrogen and oxygen atoms in total. The van der Waals surface area contributed by atoms with Crippen LogP contribution in [-0.4, -0.2) is 0 Å². The third-order valence-electron chi connectivity index (χ3n) is 5.20. The zero-order valence-corrected chi connectivity index (χ0v) is 16.7. The van der Waals surface area contributed by atoms with Crippen LogP contribution < -0.4 is 11.5 Å². The molecule has 0 radical (unpaired) electrons. The first kappa shape index (κ1) is 19.4. The van der Waals surface area contributed by atoms with Gasteiger partial charge in [-0.2, -0.15) is 0 Å². The van der Waals surface area contributed by atoms with Crippen LogP contribution in [-0.2, 0) is 19.3 Å². The van der Waals surface area contributed by atoms with Crippen molar-refractivity contribution in [3.05, 3.63) is 57.6 Å². The summed E-state index contributed by atoms with van der Waals surface area (Å²) in [7, 11) is 0. The molecule has 4 N–H and O–H groups in total. The molecule has 0 aliphatic heterocycles. The van der Waals surface area contributed by atoms with Gasteiger partial charge in [0.2, 0.25) is 0 Å². The first-order valence-corrected chi connectivity index (χ1v) is 9.60. The van der Waals surface area contributed by atoms with Crippen molar-refractivity contribution < 1.29 is 0 Å². The molecular formula is C23H34N2. The Morgan fingerprint density at radius 3 is 1.28 bits per heavy atom. The van der Waals surface area contributed by atoms with E-state index in [0.717, 1.165) is 30.6 Å². The highest BCUT2D eigenvalue weighted by Gasteiger charge is 2.14. The highest BCUT2D eigenvalue weighted by molar-refractivity contribution is 5.57. The summed E-state index contributed by atoms with van der Waals surface area (Å²) in [6.45, 7) is 13.2. The zero-order chi connectivity index (χ0) is 18.7. The molecule has 2 aromatic rings. The second-order valence-corrected chi connectivity index (χ2v) is 7.69. The van der Waals surface area contributed by atoms with E-state index in [9.17, 15) is 0 Å². The van der Waals surface area contributed by atoms with E-state index in [1.54, 1.807) is 0 Å². The summed E-state index contributed by atoms with van der Waals surface area (Å²) in [6.07, 6.45) is 2.96. The zero-order valence-electron chi connectivity index (χ0n) is 16.7. The molecule has 2 rings (SSSR count). The van der Waals surface area contributed by atoms with Crippen molar-refractivity contribution in [3.8, 4) is 0 Å². The molecule has 0 fully saturated rings. The van der Waals surface area contributed by atoms with E-state index in [1.807, 2.05) is 0 Å². The van der Waals surface area contributed by atoms with Gasteiger partial charge in [-0.25, -0.2) is 0 Å². The molecule has 0 bridgehead atoms. The lowest BCUT2D eigenvalue weighted by atomic mass is 9.87. The van der Waals surface area contributed by atoms with Crippen molar-refractivity contribution in [2.75, 3.05) is 11.5 Å². The average Bonchev–Trinajstić information content (AvgIpc) is 2.56. The van der Waals surface area contributed by atoms with Gasteiger partial charge >= 0.3 is 0 Å². The number of nitrogens with two attached hydrogens (primary N) is 2. The Hall–Kier alpha value is -1.96. The Bertz CT molecular complexity index is 679. The number of nitrogen functional groups attached to an aromatic ring is 2. The molecule has 25 heavy (non-hydrogen) atoms. The first-order chi connectivity index (χ1) is 11.8. The summed E-state index contributed by atoms with van der Waals surface area (Å²) in [4.78, 5) is 0. The van der Waals surface area contributed by atoms with Crippen LogP contribution in [0, 0.1) is 0 Å². The van der Waals surface area contributed by atoms with Crippen LogP contribution in [0.4, 0.5) is 11.4 Å². The minimum absolute atomic E-state index is 0.438. The predicted molar refractivity (Wildman–Crippen MR) is 111 cm³/mol. The number of hydrogen-bond donors (Lipinski definition) is 2. The lowest BCUT2D eigenvalue weighted by Crippen LogP contribution is -2.06. The monoisotopic (exact) mass is 338 g/mol. The first-order valence-electron chi connectivity index (χ1n) is 9.60. The van der Waals surface area contributed by atoms with Gasteiger partial charge in [0.05, 0.1) is 0 Å². The maximum atomic E-state index is 6.28. The van der Waals surface area contributed by atoms with Crippen molar-refractivity contribution in [1.82, 2.24) is 0 Å². The molecule has 0 aliphatic rings. The van der Waals surface area contributed by atoms with Crippen molar-refractivity contribution in [3.63, 3.8) is 0 Å². The van der Waals surface area contributed by atoms with Crippen LogP contribution >= 0.6 is 0 Å². The van der Waals surface area contributed by atoms with Gasteiger partial charge in [-0.3, -0.25) is 0 Å². The summed E-state index contributed by atoms with van der Waals surface area (Å²) in [5, 5.41) is 0. The fraction of sp³-hybridized carbons (Fsp3) is 0.478. The van der Waals surface area contributed by atoms with Crippen LogP contribution in [0.5, 0.6) is 0 Å². The maximum absolute atomic E-state index is 6.28. The van der Waals surface area contributed by atoms with Crippen LogP contribution in [0.1, 0.15) is 86.8 Å². The summed E-state index contributed by atoms with van der Waals surface area (Å²) in [6, 6.07) is 9.00. The molecule has 0 saturated heterocycles. The maximum Gasteiger partial charge on any atom is 0.0352 e. The summed E-state index contributed by atoms with van der Waals surface area (Å²) in [5.41, 5.74) is 22.4. The minimum atomic E-state index is 0.438. The van der Waals surface area contributed by atoms with Crippen LogP contribution in [0.25, 0.3) is 0 Å². The molecule has 136 valence electrons. The normalized spacial score (nSPS) is 11.5. The SMILES string of the molecule is CCc1cc(N)c(C(C)C)cc1Cc1cc(C(C)C)c(N)cc1CC. The van der Waals surface area contributed by atoms with Gasteiger partial charge in [0.1, 0.15) is 0 Å². The van der Waals surface area contributed by atoms with Crippen molar-refractivity contribution in [2.45, 2.75) is 72.6 Å². The molecule has 0 saturated carbocycles. The number of aryl methyl sites for hydroxylation is 2. The Morgan fingerprint density at radius 2 is 1.00 bits per heavy atom. The molecule has 0 amide bonds. The standard InChI is InChI=1S/C23H34N2/c1-7-16-12-22(24)20(14(3)4)10-18(16)9-19-11-21(15(5)6)23(25)13-17(19)8-2/h10-15H,7-9,24-25H2,1-6H3. The van der Waals surface area contributed by atoms with E-state index in [2.05, 4.69) is 65.8 Å². The second kappa shape index (κ2) is 7.95. The third-order valence-corrected chi connectivity index (χ3v) is 5.20. The highest BCUT2D eigenvalue weighted by Crippen LogP contribution is 2.31. The lowest BCUT2D eigenvalue weighted by molar-refractivity contribution is 0.857. The van der Waals surface area contributed by atoms with Crippen molar-refractivity contribution in [2.24, 2.45) is 0 Å². The molecule has 0 unspecified atom stereocenters. The highest BCUT2D eigenvalue weighted by atomic mass is 14.6. The Labute approximate surface area is 153 Å². The van der Waals surface area contributed by atoms with Gasteiger partial charge in [0, 0.05) is 11.4 Å². The van der Waals surface area contributed by atoms with Crippen LogP contribution in [0.2, 0.25) is 0 Å². The Kier molecular flexibility index (Phi) is 6.16. The van der Waals surface area contributed by atoms with Gasteiger partial charge in [0.25, 0.3) is 0 Å². The van der Waals surface area contributed by atoms with Gasteiger partial charge in [-0.05, 0) is 76.6 Å². The molecule has 0 spiro atoms. The van der Waals surface area contributed by atoms with Gasteiger partial charge in [0.15, 0.2) is 0 Å². The van der Waals surface area contributed by atoms with Gasteiger partial charge < -0.3 is 11.5 Å². The fourth-order valence-electron chi connectivity index (χ4n) is 3.65. The van der Waals surface area contributed by atoms with E-state index in [4.69, 9.17) is 11.5 Å². The number of rotatable bonds is 6. The Balaban J connectivity index is 2.55. The molecule has 0 aliphatic carbocycles. The number of benzene rings is 2. The average molecular weight is 339 g/mol. The third kappa shape index (κ3) is 4.18. The smallest absolute Gasteiger partial charge is 0.0352 e. The second-order valence-electron chi connectivity index (χ2n) is 7.69. The molecule has 2 heteroatoms. The van der Waals surface area contributed by atoms with Gasteiger partial charge in [-0.1, -0.05) is 53.7 Å². The quantitative estimate of drug-likeness (QED) is 0.653. The van der Waals surface area contributed by atoms with E-state index in [-0.39, 0.29) is 0 Å². The molecule has 0 atom stereocenters. The predicted octanol–water partition coefficient (Wildman–Crippen LogP) is 5.81. The minimum Gasteiger partial charge on any atom is -0.398 e. The Morgan fingerprint density at radius 1 is 0.640 bits per heavy atom. The largest absolute Gasteiger partial charge is 0.398 e. The molecule has 2 aromatic carbocycles. The summed E-state index contributed by atoms with van der Waals surface area (Å²) >= 11 is 0. The molecule has 0 aromatic heterocycles. The summed E-state index contributed by atoms with van der Waals surface area (Å²) in [5.74, 6) is 0.876. The van der Waals surface area contributed by atoms with Crippen molar-refractivity contribution >= 4 is 11.4 Å². The van der Waals surface area contributed by atoms with Crippen LogP contribution in [0.15, 0.2) is 24.3 Å². The molecule has 0 heterocycles. The molecular weight excluding hydrogens is 304 g/mol. The van der Waals surface area contributed by atoms with Crippen molar-refractivity contribution in [1.29, 1.82) is 0 Å². The lowest BCUT2D eigenvalue weighted by Gasteiger charge is -2.19. The number of anilines is 2. The summed E-state index contributed by atoms with van der Waals surface area (Å²) < 4.78 is 0.